The molecule has 20 heavy (non-hydrogen) atoms. The van der Waals surface area contributed by atoms with Crippen LogP contribution in [-0.2, 0) is 7.05 Å². The molecule has 3 rings (SSSR count). The van der Waals surface area contributed by atoms with Crippen LogP contribution in [0.4, 0.5) is 0 Å². The summed E-state index contributed by atoms with van der Waals surface area (Å²) >= 11 is 0. The van der Waals surface area contributed by atoms with Gasteiger partial charge in [-0.25, -0.2) is 0 Å². The minimum atomic E-state index is 0.234. The molecule has 0 saturated carbocycles. The van der Waals surface area contributed by atoms with E-state index in [2.05, 4.69) is 52.3 Å². The molecule has 1 aromatic heterocycles. The van der Waals surface area contributed by atoms with Gasteiger partial charge in [-0.3, -0.25) is 4.90 Å². The van der Waals surface area contributed by atoms with Gasteiger partial charge in [0.1, 0.15) is 0 Å². The maximum absolute atomic E-state index is 9.46. The first-order chi connectivity index (χ1) is 9.81. The van der Waals surface area contributed by atoms with Crippen molar-refractivity contribution in [1.82, 2.24) is 14.8 Å². The monoisotopic (exact) mass is 273 g/mol. The quantitative estimate of drug-likeness (QED) is 0.887. The first kappa shape index (κ1) is 13.6. The lowest BCUT2D eigenvalue weighted by Gasteiger charge is -2.34. The fourth-order valence-electron chi connectivity index (χ4n) is 3.29. The molecule has 0 aliphatic carbocycles. The molecule has 1 fully saturated rings. The van der Waals surface area contributed by atoms with E-state index < -0.39 is 0 Å². The van der Waals surface area contributed by atoms with E-state index in [-0.39, 0.29) is 6.61 Å². The Morgan fingerprint density at radius 1 is 1.25 bits per heavy atom. The van der Waals surface area contributed by atoms with E-state index in [1.165, 1.54) is 16.5 Å². The largest absolute Gasteiger partial charge is 0.396 e. The van der Waals surface area contributed by atoms with Crippen LogP contribution in [0, 0.1) is 0 Å². The van der Waals surface area contributed by atoms with Crippen LogP contribution in [0.15, 0.2) is 30.5 Å². The summed E-state index contributed by atoms with van der Waals surface area (Å²) in [5, 5.41) is 14.2. The highest BCUT2D eigenvalue weighted by atomic mass is 16.3. The number of fused-ring (bicyclic) bond motifs is 1. The Morgan fingerprint density at radius 3 is 2.75 bits per heavy atom. The van der Waals surface area contributed by atoms with Gasteiger partial charge in [-0.1, -0.05) is 18.2 Å². The van der Waals surface area contributed by atoms with E-state index in [0.717, 1.165) is 32.6 Å². The second kappa shape index (κ2) is 5.95. The van der Waals surface area contributed by atoms with Crippen LogP contribution in [0.3, 0.4) is 0 Å². The summed E-state index contributed by atoms with van der Waals surface area (Å²) in [6, 6.07) is 8.84. The van der Waals surface area contributed by atoms with E-state index in [1.807, 2.05) is 0 Å². The van der Waals surface area contributed by atoms with Crippen LogP contribution in [0.25, 0.3) is 10.9 Å². The zero-order valence-corrected chi connectivity index (χ0v) is 12.0. The van der Waals surface area contributed by atoms with Crippen LogP contribution in [0.5, 0.6) is 0 Å². The molecule has 1 aliphatic heterocycles. The van der Waals surface area contributed by atoms with Crippen molar-refractivity contribution in [2.75, 3.05) is 32.8 Å². The van der Waals surface area contributed by atoms with Crippen LogP contribution in [0.2, 0.25) is 0 Å². The highest BCUT2D eigenvalue weighted by molar-refractivity contribution is 5.84. The second-order valence-corrected chi connectivity index (χ2v) is 5.53. The third kappa shape index (κ3) is 2.46. The summed E-state index contributed by atoms with van der Waals surface area (Å²) in [6.07, 6.45) is 3.03. The number of hydrogen-bond acceptors (Lipinski definition) is 3. The Morgan fingerprint density at radius 2 is 2.00 bits per heavy atom. The van der Waals surface area contributed by atoms with Crippen molar-refractivity contribution >= 4 is 10.9 Å². The first-order valence-corrected chi connectivity index (χ1v) is 7.41. The van der Waals surface area contributed by atoms with E-state index in [0.29, 0.717) is 6.04 Å². The minimum Gasteiger partial charge on any atom is -0.396 e. The van der Waals surface area contributed by atoms with E-state index in [4.69, 9.17) is 0 Å². The molecule has 0 bridgehead atoms. The molecule has 2 aromatic rings. The number of piperazine rings is 1. The van der Waals surface area contributed by atoms with Crippen molar-refractivity contribution in [3.63, 3.8) is 0 Å². The van der Waals surface area contributed by atoms with E-state index in [1.54, 1.807) is 0 Å². The number of aromatic nitrogens is 1. The summed E-state index contributed by atoms with van der Waals surface area (Å²) in [5.74, 6) is 0. The molecule has 108 valence electrons. The molecule has 0 radical (unpaired) electrons. The summed E-state index contributed by atoms with van der Waals surface area (Å²) in [6.45, 7) is 4.40. The Balaban J connectivity index is 2.00. The number of hydrogen-bond donors (Lipinski definition) is 2. The van der Waals surface area contributed by atoms with E-state index in [9.17, 15) is 5.11 Å². The van der Waals surface area contributed by atoms with Crippen molar-refractivity contribution in [2.24, 2.45) is 7.05 Å². The van der Waals surface area contributed by atoms with Gasteiger partial charge in [0, 0.05) is 63.0 Å². The highest BCUT2D eigenvalue weighted by Crippen LogP contribution is 2.31. The fourth-order valence-corrected chi connectivity index (χ4v) is 3.29. The van der Waals surface area contributed by atoms with Gasteiger partial charge >= 0.3 is 0 Å². The molecule has 0 spiro atoms. The molecular weight excluding hydrogens is 250 g/mol. The van der Waals surface area contributed by atoms with E-state index >= 15 is 0 Å². The summed E-state index contributed by atoms with van der Waals surface area (Å²) in [5.41, 5.74) is 2.61. The lowest BCUT2D eigenvalue weighted by atomic mass is 10.0. The number of nitrogens with one attached hydrogen (secondary N) is 1. The number of nitrogens with zero attached hydrogens (tertiary/aromatic N) is 2. The predicted octanol–water partition coefficient (Wildman–Crippen LogP) is 1.51. The number of aryl methyl sites for hydroxylation is 1. The summed E-state index contributed by atoms with van der Waals surface area (Å²) in [4.78, 5) is 2.49. The summed E-state index contributed by atoms with van der Waals surface area (Å²) in [7, 11) is 2.10. The van der Waals surface area contributed by atoms with Gasteiger partial charge in [0.25, 0.3) is 0 Å². The Kier molecular flexibility index (Phi) is 4.05. The number of aliphatic hydroxyl groups excluding tert-OH is 1. The van der Waals surface area contributed by atoms with Crippen molar-refractivity contribution in [3.8, 4) is 0 Å². The maximum atomic E-state index is 9.46. The highest BCUT2D eigenvalue weighted by Gasteiger charge is 2.24. The third-order valence-corrected chi connectivity index (χ3v) is 4.28. The molecular formula is C16H23N3O. The van der Waals surface area contributed by atoms with Gasteiger partial charge in [0.05, 0.1) is 0 Å². The average molecular weight is 273 g/mol. The standard InChI is InChI=1S/C16H23N3O/c1-18-12-14(13-4-2-3-5-15(13)18)16(6-11-20)19-9-7-17-8-10-19/h2-5,12,16-17,20H,6-11H2,1H3. The summed E-state index contributed by atoms with van der Waals surface area (Å²) < 4.78 is 2.19. The molecule has 1 unspecified atom stereocenters. The van der Waals surface area contributed by atoms with Crippen LogP contribution < -0.4 is 5.32 Å². The normalized spacial score (nSPS) is 18.5. The molecule has 2 heterocycles. The smallest absolute Gasteiger partial charge is 0.0481 e. The van der Waals surface area contributed by atoms with Crippen molar-refractivity contribution < 1.29 is 5.11 Å². The maximum Gasteiger partial charge on any atom is 0.0481 e. The Labute approximate surface area is 120 Å². The lowest BCUT2D eigenvalue weighted by Crippen LogP contribution is -2.45. The fraction of sp³-hybridized carbons (Fsp3) is 0.500. The molecule has 1 atom stereocenters. The third-order valence-electron chi connectivity index (χ3n) is 4.28. The van der Waals surface area contributed by atoms with Crippen LogP contribution in [-0.4, -0.2) is 47.4 Å². The molecule has 4 heteroatoms. The van der Waals surface area contributed by atoms with Gasteiger partial charge in [0.2, 0.25) is 0 Å². The Hall–Kier alpha value is -1.36. The molecule has 1 aliphatic rings. The molecule has 1 saturated heterocycles. The van der Waals surface area contributed by atoms with Crippen LogP contribution >= 0.6 is 0 Å². The van der Waals surface area contributed by atoms with Crippen molar-refractivity contribution in [3.05, 3.63) is 36.0 Å². The van der Waals surface area contributed by atoms with Crippen molar-refractivity contribution in [1.29, 1.82) is 0 Å². The van der Waals surface area contributed by atoms with Crippen molar-refractivity contribution in [2.45, 2.75) is 12.5 Å². The Bertz CT molecular complexity index is 572. The number of rotatable bonds is 4. The van der Waals surface area contributed by atoms with Gasteiger partial charge < -0.3 is 15.0 Å². The second-order valence-electron chi connectivity index (χ2n) is 5.53. The van der Waals surface area contributed by atoms with Gasteiger partial charge in [0.15, 0.2) is 0 Å². The molecule has 2 N–H and O–H groups in total. The number of benzene rings is 1. The van der Waals surface area contributed by atoms with Crippen LogP contribution in [0.1, 0.15) is 18.0 Å². The van der Waals surface area contributed by atoms with Gasteiger partial charge in [-0.15, -0.1) is 0 Å². The first-order valence-electron chi connectivity index (χ1n) is 7.41. The number of aliphatic hydroxyl groups is 1. The average Bonchev–Trinajstić information content (AvgIpc) is 2.83. The minimum absolute atomic E-state index is 0.234. The predicted molar refractivity (Wildman–Crippen MR) is 81.8 cm³/mol. The zero-order chi connectivity index (χ0) is 13.9. The molecule has 1 aromatic carbocycles. The zero-order valence-electron chi connectivity index (χ0n) is 12.0. The topological polar surface area (TPSA) is 40.4 Å². The molecule has 4 nitrogen and oxygen atoms in total. The number of para-hydroxylation sites is 1. The SMILES string of the molecule is Cn1cc(C(CCO)N2CCNCC2)c2ccccc21. The van der Waals surface area contributed by atoms with Gasteiger partial charge in [-0.05, 0) is 18.1 Å². The molecule has 0 amide bonds. The van der Waals surface area contributed by atoms with Gasteiger partial charge in [-0.2, -0.15) is 0 Å². The lowest BCUT2D eigenvalue weighted by molar-refractivity contribution is 0.142.